The Morgan fingerprint density at radius 1 is 1.12 bits per heavy atom. The molecule has 16 heavy (non-hydrogen) atoms. The summed E-state index contributed by atoms with van der Waals surface area (Å²) in [6.07, 6.45) is 2.95. The van der Waals surface area contributed by atoms with Gasteiger partial charge < -0.3 is 10.8 Å². The highest BCUT2D eigenvalue weighted by molar-refractivity contribution is 5.98. The second kappa shape index (κ2) is 4.06. The van der Waals surface area contributed by atoms with Gasteiger partial charge in [-0.1, -0.05) is 30.3 Å². The summed E-state index contributed by atoms with van der Waals surface area (Å²) in [4.78, 5) is 10.7. The van der Waals surface area contributed by atoms with Crippen LogP contribution in [0.1, 0.15) is 5.56 Å². The molecule has 2 aromatic carbocycles. The third kappa shape index (κ3) is 1.88. The number of carbonyl (C=O) groups is 1. The number of fused-ring (bicyclic) bond motifs is 1. The molecule has 0 radical (unpaired) electrons. The second-order valence-corrected chi connectivity index (χ2v) is 3.46. The molecule has 0 bridgehead atoms. The largest absolute Gasteiger partial charge is 0.507 e. The van der Waals surface area contributed by atoms with Crippen molar-refractivity contribution in [1.29, 1.82) is 0 Å². The maximum Gasteiger partial charge on any atom is 0.241 e. The van der Waals surface area contributed by atoms with Crippen LogP contribution in [-0.4, -0.2) is 11.0 Å². The van der Waals surface area contributed by atoms with Crippen LogP contribution in [0.15, 0.2) is 42.5 Å². The van der Waals surface area contributed by atoms with Crippen LogP contribution < -0.4 is 5.73 Å². The predicted octanol–water partition coefficient (Wildman–Crippen LogP) is 2.04. The molecule has 0 heterocycles. The van der Waals surface area contributed by atoms with E-state index >= 15 is 0 Å². The Morgan fingerprint density at radius 3 is 2.50 bits per heavy atom. The van der Waals surface area contributed by atoms with E-state index in [9.17, 15) is 9.90 Å². The average molecular weight is 213 g/mol. The molecular weight excluding hydrogens is 202 g/mol. The number of nitrogens with two attached hydrogens (primary N) is 1. The van der Waals surface area contributed by atoms with Gasteiger partial charge in [0.2, 0.25) is 5.91 Å². The van der Waals surface area contributed by atoms with Crippen molar-refractivity contribution < 1.29 is 9.90 Å². The summed E-state index contributed by atoms with van der Waals surface area (Å²) < 4.78 is 0. The smallest absolute Gasteiger partial charge is 0.241 e. The Bertz CT molecular complexity index is 573. The minimum atomic E-state index is -0.489. The fourth-order valence-corrected chi connectivity index (χ4v) is 1.62. The van der Waals surface area contributed by atoms with Crippen molar-refractivity contribution in [3.8, 4) is 5.75 Å². The highest BCUT2D eigenvalue weighted by atomic mass is 16.3. The van der Waals surface area contributed by atoms with Crippen LogP contribution in [0.4, 0.5) is 0 Å². The van der Waals surface area contributed by atoms with Crippen molar-refractivity contribution in [1.82, 2.24) is 0 Å². The highest BCUT2D eigenvalue weighted by Gasteiger charge is 2.02. The van der Waals surface area contributed by atoms with Gasteiger partial charge in [-0.15, -0.1) is 0 Å². The summed E-state index contributed by atoms with van der Waals surface area (Å²) in [5, 5.41) is 11.3. The molecule has 0 saturated heterocycles. The molecule has 0 atom stereocenters. The summed E-state index contributed by atoms with van der Waals surface area (Å²) in [6, 6.07) is 10.8. The molecule has 0 saturated carbocycles. The summed E-state index contributed by atoms with van der Waals surface area (Å²) in [5.74, 6) is -0.260. The first kappa shape index (κ1) is 10.2. The second-order valence-electron chi connectivity index (χ2n) is 3.46. The van der Waals surface area contributed by atoms with Crippen molar-refractivity contribution in [2.24, 2.45) is 5.73 Å². The number of rotatable bonds is 2. The number of phenolic OH excluding ortho intramolecular Hbond substituents is 1. The van der Waals surface area contributed by atoms with Gasteiger partial charge in [-0.25, -0.2) is 0 Å². The minimum absolute atomic E-state index is 0.229. The van der Waals surface area contributed by atoms with Crippen LogP contribution in [-0.2, 0) is 4.79 Å². The normalized spacial score (nSPS) is 11.0. The standard InChI is InChI=1S/C13H11NO2/c14-13(16)8-6-9-5-7-12(15)11-4-2-1-3-10(9)11/h1-8,15H,(H2,14,16)/b8-6-. The number of carbonyl (C=O) groups excluding carboxylic acids is 1. The molecule has 0 unspecified atom stereocenters. The first-order valence-electron chi connectivity index (χ1n) is 4.87. The van der Waals surface area contributed by atoms with Gasteiger partial charge in [0, 0.05) is 11.5 Å². The van der Waals surface area contributed by atoms with Gasteiger partial charge >= 0.3 is 0 Å². The topological polar surface area (TPSA) is 63.3 Å². The first-order valence-corrected chi connectivity index (χ1v) is 4.87. The SMILES string of the molecule is NC(=O)/C=C\c1ccc(O)c2ccccc12. The van der Waals surface area contributed by atoms with Crippen LogP contribution in [0, 0.1) is 0 Å². The highest BCUT2D eigenvalue weighted by Crippen LogP contribution is 2.27. The molecule has 0 aliphatic heterocycles. The zero-order valence-electron chi connectivity index (χ0n) is 8.55. The maximum absolute atomic E-state index is 10.7. The minimum Gasteiger partial charge on any atom is -0.507 e. The van der Waals surface area contributed by atoms with Crippen molar-refractivity contribution in [3.63, 3.8) is 0 Å². The molecule has 2 rings (SSSR count). The number of aromatic hydroxyl groups is 1. The first-order chi connectivity index (χ1) is 7.68. The van der Waals surface area contributed by atoms with E-state index in [0.29, 0.717) is 0 Å². The lowest BCUT2D eigenvalue weighted by Crippen LogP contribution is -2.05. The summed E-state index contributed by atoms with van der Waals surface area (Å²) >= 11 is 0. The Kier molecular flexibility index (Phi) is 2.60. The van der Waals surface area contributed by atoms with E-state index in [1.165, 1.54) is 6.08 Å². The van der Waals surface area contributed by atoms with Crippen LogP contribution in [0.3, 0.4) is 0 Å². The Balaban J connectivity index is 2.63. The third-order valence-electron chi connectivity index (χ3n) is 2.36. The molecule has 0 aliphatic carbocycles. The van der Waals surface area contributed by atoms with Crippen LogP contribution in [0.25, 0.3) is 16.8 Å². The van der Waals surface area contributed by atoms with E-state index in [1.807, 2.05) is 24.3 Å². The van der Waals surface area contributed by atoms with E-state index in [4.69, 9.17) is 5.73 Å². The molecule has 3 N–H and O–H groups in total. The monoisotopic (exact) mass is 213 g/mol. The van der Waals surface area contributed by atoms with Gasteiger partial charge in [0.1, 0.15) is 5.75 Å². The van der Waals surface area contributed by atoms with Gasteiger partial charge in [-0.2, -0.15) is 0 Å². The lowest BCUT2D eigenvalue weighted by Gasteiger charge is -2.03. The van der Waals surface area contributed by atoms with E-state index in [0.717, 1.165) is 16.3 Å². The summed E-state index contributed by atoms with van der Waals surface area (Å²) in [7, 11) is 0. The van der Waals surface area contributed by atoms with Gasteiger partial charge in [0.25, 0.3) is 0 Å². The summed E-state index contributed by atoms with van der Waals surface area (Å²) in [6.45, 7) is 0. The Morgan fingerprint density at radius 2 is 1.81 bits per heavy atom. The van der Waals surface area contributed by atoms with Crippen molar-refractivity contribution in [2.75, 3.05) is 0 Å². The fourth-order valence-electron chi connectivity index (χ4n) is 1.62. The zero-order chi connectivity index (χ0) is 11.5. The molecule has 1 amide bonds. The number of phenols is 1. The number of hydrogen-bond donors (Lipinski definition) is 2. The van der Waals surface area contributed by atoms with Gasteiger partial charge in [-0.3, -0.25) is 4.79 Å². The number of hydrogen-bond acceptors (Lipinski definition) is 2. The average Bonchev–Trinajstić information content (AvgIpc) is 2.28. The summed E-state index contributed by atoms with van der Waals surface area (Å²) in [5.41, 5.74) is 5.89. The lowest BCUT2D eigenvalue weighted by molar-refractivity contribution is -0.113. The van der Waals surface area contributed by atoms with Gasteiger partial charge in [0.15, 0.2) is 0 Å². The van der Waals surface area contributed by atoms with E-state index in [-0.39, 0.29) is 5.75 Å². The molecular formula is C13H11NO2. The molecule has 0 spiro atoms. The lowest BCUT2D eigenvalue weighted by atomic mass is 10.0. The number of benzene rings is 2. The fraction of sp³-hybridized carbons (Fsp3) is 0. The van der Waals surface area contributed by atoms with Crippen molar-refractivity contribution in [2.45, 2.75) is 0 Å². The van der Waals surface area contributed by atoms with Crippen molar-refractivity contribution >= 4 is 22.8 Å². The van der Waals surface area contributed by atoms with Gasteiger partial charge in [-0.05, 0) is 23.1 Å². The molecule has 0 aromatic heterocycles. The van der Waals surface area contributed by atoms with Crippen LogP contribution >= 0.6 is 0 Å². The molecule has 0 aliphatic rings. The molecule has 3 heteroatoms. The van der Waals surface area contributed by atoms with Crippen LogP contribution in [0.2, 0.25) is 0 Å². The molecule has 2 aromatic rings. The van der Waals surface area contributed by atoms with E-state index < -0.39 is 5.91 Å². The molecule has 80 valence electrons. The Labute approximate surface area is 92.8 Å². The Hall–Kier alpha value is -2.29. The zero-order valence-corrected chi connectivity index (χ0v) is 8.55. The van der Waals surface area contributed by atoms with Gasteiger partial charge in [0.05, 0.1) is 0 Å². The third-order valence-corrected chi connectivity index (χ3v) is 2.36. The predicted molar refractivity (Wildman–Crippen MR) is 63.8 cm³/mol. The van der Waals surface area contributed by atoms with Crippen molar-refractivity contribution in [3.05, 3.63) is 48.0 Å². The quantitative estimate of drug-likeness (QED) is 0.750. The molecule has 3 nitrogen and oxygen atoms in total. The van der Waals surface area contributed by atoms with E-state index in [2.05, 4.69) is 0 Å². The maximum atomic E-state index is 10.7. The number of primary amides is 1. The number of amides is 1. The van der Waals surface area contributed by atoms with Crippen LogP contribution in [0.5, 0.6) is 5.75 Å². The van der Waals surface area contributed by atoms with E-state index in [1.54, 1.807) is 18.2 Å². The molecule has 0 fully saturated rings.